The summed E-state index contributed by atoms with van der Waals surface area (Å²) in [7, 11) is 0. The molecule has 5 heteroatoms. The molecule has 1 N–H and O–H groups in total. The number of hydrogen-bond donors (Lipinski definition) is 1. The summed E-state index contributed by atoms with van der Waals surface area (Å²) in [5.74, 6) is 2.22. The monoisotopic (exact) mass is 264 g/mol. The van der Waals surface area contributed by atoms with E-state index < -0.39 is 0 Å². The van der Waals surface area contributed by atoms with Gasteiger partial charge in [0.1, 0.15) is 5.75 Å². The number of aromatic hydroxyl groups is 1. The van der Waals surface area contributed by atoms with Crippen molar-refractivity contribution in [1.29, 1.82) is 0 Å². The van der Waals surface area contributed by atoms with E-state index in [0.717, 1.165) is 4.90 Å². The molecular formula is C13H16N2O2S. The van der Waals surface area contributed by atoms with Gasteiger partial charge in [0.05, 0.1) is 5.75 Å². The predicted molar refractivity (Wildman–Crippen MR) is 70.7 cm³/mol. The van der Waals surface area contributed by atoms with Crippen LogP contribution in [0.2, 0.25) is 0 Å². The lowest BCUT2D eigenvalue weighted by atomic mass is 9.97. The SMILES string of the molecule is CC(C)(C)c1nc(CSc2cccc(O)c2)no1. The van der Waals surface area contributed by atoms with Gasteiger partial charge >= 0.3 is 0 Å². The van der Waals surface area contributed by atoms with Gasteiger partial charge in [0.2, 0.25) is 5.89 Å². The Morgan fingerprint density at radius 3 is 2.72 bits per heavy atom. The maximum Gasteiger partial charge on any atom is 0.232 e. The summed E-state index contributed by atoms with van der Waals surface area (Å²) in [6.45, 7) is 6.10. The summed E-state index contributed by atoms with van der Waals surface area (Å²) < 4.78 is 5.22. The third kappa shape index (κ3) is 3.26. The van der Waals surface area contributed by atoms with Crippen LogP contribution in [0.5, 0.6) is 5.75 Å². The van der Waals surface area contributed by atoms with Gasteiger partial charge in [-0.25, -0.2) is 0 Å². The van der Waals surface area contributed by atoms with Gasteiger partial charge in [-0.15, -0.1) is 11.8 Å². The fourth-order valence-electron chi connectivity index (χ4n) is 1.34. The molecule has 0 aliphatic rings. The van der Waals surface area contributed by atoms with E-state index >= 15 is 0 Å². The Bertz CT molecular complexity index is 532. The summed E-state index contributed by atoms with van der Waals surface area (Å²) >= 11 is 1.57. The number of phenolic OH excluding ortho intramolecular Hbond substituents is 1. The molecule has 1 aromatic carbocycles. The first kappa shape index (κ1) is 13.0. The Labute approximate surface area is 110 Å². The maximum atomic E-state index is 9.36. The van der Waals surface area contributed by atoms with Crippen molar-refractivity contribution in [3.63, 3.8) is 0 Å². The molecule has 0 bridgehead atoms. The van der Waals surface area contributed by atoms with Crippen LogP contribution in [0.1, 0.15) is 32.5 Å². The molecule has 0 amide bonds. The number of benzene rings is 1. The van der Waals surface area contributed by atoms with Gasteiger partial charge in [0.15, 0.2) is 5.82 Å². The molecule has 96 valence electrons. The molecule has 18 heavy (non-hydrogen) atoms. The highest BCUT2D eigenvalue weighted by Crippen LogP contribution is 2.26. The third-order valence-electron chi connectivity index (χ3n) is 2.30. The Hall–Kier alpha value is -1.49. The number of aromatic nitrogens is 2. The van der Waals surface area contributed by atoms with Crippen LogP contribution in [0.4, 0.5) is 0 Å². The molecule has 0 fully saturated rings. The molecule has 0 aliphatic heterocycles. The van der Waals surface area contributed by atoms with Crippen molar-refractivity contribution in [2.45, 2.75) is 36.8 Å². The van der Waals surface area contributed by atoms with Gasteiger partial charge in [0.25, 0.3) is 0 Å². The fraction of sp³-hybridized carbons (Fsp3) is 0.385. The highest BCUT2D eigenvalue weighted by atomic mass is 32.2. The molecule has 0 spiro atoms. The molecule has 0 saturated heterocycles. The van der Waals surface area contributed by atoms with E-state index in [1.54, 1.807) is 23.9 Å². The van der Waals surface area contributed by atoms with E-state index in [4.69, 9.17) is 4.52 Å². The molecule has 0 radical (unpaired) electrons. The Kier molecular flexibility index (Phi) is 3.61. The molecule has 0 saturated carbocycles. The standard InChI is InChI=1S/C13H16N2O2S/c1-13(2,3)12-14-11(15-17-12)8-18-10-6-4-5-9(16)7-10/h4-7,16H,8H2,1-3H3. The van der Waals surface area contributed by atoms with Gasteiger partial charge in [-0.3, -0.25) is 0 Å². The van der Waals surface area contributed by atoms with Crippen molar-refractivity contribution in [1.82, 2.24) is 10.1 Å². The van der Waals surface area contributed by atoms with Crippen LogP contribution < -0.4 is 0 Å². The van der Waals surface area contributed by atoms with Crippen LogP contribution in [0.15, 0.2) is 33.7 Å². The van der Waals surface area contributed by atoms with Crippen molar-refractivity contribution in [2.24, 2.45) is 0 Å². The van der Waals surface area contributed by atoms with Crippen molar-refractivity contribution in [3.05, 3.63) is 36.0 Å². The van der Waals surface area contributed by atoms with Gasteiger partial charge in [-0.1, -0.05) is 32.0 Å². The van der Waals surface area contributed by atoms with Crippen molar-refractivity contribution in [3.8, 4) is 5.75 Å². The molecule has 4 nitrogen and oxygen atoms in total. The van der Waals surface area contributed by atoms with Crippen LogP contribution in [0.25, 0.3) is 0 Å². The number of phenols is 1. The smallest absolute Gasteiger partial charge is 0.232 e. The van der Waals surface area contributed by atoms with Crippen LogP contribution >= 0.6 is 11.8 Å². The second-order valence-electron chi connectivity index (χ2n) is 5.05. The molecule has 2 rings (SSSR count). The number of hydrogen-bond acceptors (Lipinski definition) is 5. The third-order valence-corrected chi connectivity index (χ3v) is 3.29. The van der Waals surface area contributed by atoms with E-state index in [2.05, 4.69) is 10.1 Å². The summed E-state index contributed by atoms with van der Waals surface area (Å²) in [5, 5.41) is 13.3. The van der Waals surface area contributed by atoms with E-state index in [9.17, 15) is 5.11 Å². The first-order valence-corrected chi connectivity index (χ1v) is 6.68. The zero-order chi connectivity index (χ0) is 13.2. The normalized spacial score (nSPS) is 11.7. The molecule has 0 atom stereocenters. The van der Waals surface area contributed by atoms with Gasteiger partial charge in [-0.2, -0.15) is 4.98 Å². The second-order valence-corrected chi connectivity index (χ2v) is 6.10. The molecule has 1 heterocycles. The molecule has 0 aliphatic carbocycles. The summed E-state index contributed by atoms with van der Waals surface area (Å²) in [4.78, 5) is 5.34. The van der Waals surface area contributed by atoms with Crippen molar-refractivity contribution in [2.75, 3.05) is 0 Å². The summed E-state index contributed by atoms with van der Waals surface area (Å²) in [6.07, 6.45) is 0. The summed E-state index contributed by atoms with van der Waals surface area (Å²) in [6, 6.07) is 7.12. The van der Waals surface area contributed by atoms with Crippen LogP contribution in [-0.2, 0) is 11.2 Å². The predicted octanol–water partition coefficient (Wildman–Crippen LogP) is 3.37. The van der Waals surface area contributed by atoms with E-state index in [1.165, 1.54) is 0 Å². The van der Waals surface area contributed by atoms with Crippen LogP contribution in [-0.4, -0.2) is 15.2 Å². The Balaban J connectivity index is 2.01. The average Bonchev–Trinajstić information content (AvgIpc) is 2.74. The maximum absolute atomic E-state index is 9.36. The number of rotatable bonds is 3. The highest BCUT2D eigenvalue weighted by Gasteiger charge is 2.21. The lowest BCUT2D eigenvalue weighted by Crippen LogP contribution is -2.11. The second kappa shape index (κ2) is 5.02. The number of thioether (sulfide) groups is 1. The number of nitrogens with zero attached hydrogens (tertiary/aromatic N) is 2. The molecular weight excluding hydrogens is 248 g/mol. The van der Waals surface area contributed by atoms with Crippen molar-refractivity contribution < 1.29 is 9.63 Å². The topological polar surface area (TPSA) is 59.2 Å². The average molecular weight is 264 g/mol. The van der Waals surface area contributed by atoms with E-state index in [0.29, 0.717) is 17.5 Å². The molecule has 2 aromatic rings. The van der Waals surface area contributed by atoms with E-state index in [-0.39, 0.29) is 11.2 Å². The van der Waals surface area contributed by atoms with Gasteiger partial charge in [0, 0.05) is 10.3 Å². The first-order valence-electron chi connectivity index (χ1n) is 5.70. The minimum Gasteiger partial charge on any atom is -0.508 e. The van der Waals surface area contributed by atoms with Crippen LogP contribution in [0.3, 0.4) is 0 Å². The van der Waals surface area contributed by atoms with Crippen LogP contribution in [0, 0.1) is 0 Å². The highest BCUT2D eigenvalue weighted by molar-refractivity contribution is 7.98. The first-order chi connectivity index (χ1) is 8.45. The molecule has 1 aromatic heterocycles. The fourth-order valence-corrected chi connectivity index (χ4v) is 2.13. The zero-order valence-electron chi connectivity index (χ0n) is 10.7. The van der Waals surface area contributed by atoms with Gasteiger partial charge in [-0.05, 0) is 18.2 Å². The Morgan fingerprint density at radius 1 is 1.33 bits per heavy atom. The van der Waals surface area contributed by atoms with E-state index in [1.807, 2.05) is 32.9 Å². The lowest BCUT2D eigenvalue weighted by Gasteiger charge is -2.10. The van der Waals surface area contributed by atoms with Crippen molar-refractivity contribution >= 4 is 11.8 Å². The quantitative estimate of drug-likeness (QED) is 0.861. The lowest BCUT2D eigenvalue weighted by molar-refractivity contribution is 0.319. The van der Waals surface area contributed by atoms with Gasteiger partial charge < -0.3 is 9.63 Å². The molecule has 0 unspecified atom stereocenters. The summed E-state index contributed by atoms with van der Waals surface area (Å²) in [5.41, 5.74) is -0.124. The minimum atomic E-state index is -0.124. The minimum absolute atomic E-state index is 0.124. The largest absolute Gasteiger partial charge is 0.508 e. The Morgan fingerprint density at radius 2 is 2.11 bits per heavy atom. The zero-order valence-corrected chi connectivity index (χ0v) is 11.5.